The lowest BCUT2D eigenvalue weighted by Gasteiger charge is -2.34. The van der Waals surface area contributed by atoms with Crippen molar-refractivity contribution < 1.29 is 19.8 Å². The average Bonchev–Trinajstić information content (AvgIpc) is 2.20. The Hall–Kier alpha value is -1.10. The molecule has 0 aliphatic carbocycles. The topological polar surface area (TPSA) is 77.8 Å². The quantitative estimate of drug-likeness (QED) is 0.545. The summed E-state index contributed by atoms with van der Waals surface area (Å²) in [5.41, 5.74) is -0.480. The lowest BCUT2D eigenvalue weighted by Crippen LogP contribution is -2.49. The number of rotatable bonds is 6. The number of carbonyl (C=O) groups is 2. The van der Waals surface area contributed by atoms with Gasteiger partial charge in [0.15, 0.2) is 0 Å². The molecule has 0 spiro atoms. The lowest BCUT2D eigenvalue weighted by atomic mass is 10.0. The van der Waals surface area contributed by atoms with E-state index in [2.05, 4.69) is 0 Å². The van der Waals surface area contributed by atoms with Crippen LogP contribution in [0.2, 0.25) is 0 Å². The van der Waals surface area contributed by atoms with Gasteiger partial charge in [-0.1, -0.05) is 12.8 Å². The largest absolute Gasteiger partial charge is 0.474 e. The van der Waals surface area contributed by atoms with Crippen molar-refractivity contribution in [3.8, 4) is 0 Å². The maximum absolute atomic E-state index is 11.5. The smallest absolute Gasteiger partial charge is 0.394 e. The number of aliphatic hydroxyl groups is 1. The van der Waals surface area contributed by atoms with Crippen LogP contribution in [0.5, 0.6) is 0 Å². The molecule has 17 heavy (non-hydrogen) atoms. The number of carbonyl (C=O) groups excluding carboxylic acids is 1. The number of carboxylic acid groups (broad SMARTS) is 1. The van der Waals surface area contributed by atoms with Gasteiger partial charge in [0, 0.05) is 18.7 Å². The van der Waals surface area contributed by atoms with E-state index in [-0.39, 0.29) is 6.61 Å². The van der Waals surface area contributed by atoms with Crippen molar-refractivity contribution in [1.82, 2.24) is 4.90 Å². The molecule has 0 saturated heterocycles. The Morgan fingerprint density at radius 2 is 1.59 bits per heavy atom. The predicted molar refractivity (Wildman–Crippen MR) is 64.7 cm³/mol. The normalized spacial score (nSPS) is 11.3. The molecule has 0 aliphatic rings. The van der Waals surface area contributed by atoms with Crippen LogP contribution in [0.1, 0.15) is 46.5 Å². The number of amides is 1. The lowest BCUT2D eigenvalue weighted by molar-refractivity contribution is -0.158. The fourth-order valence-corrected chi connectivity index (χ4v) is 1.59. The second-order valence-electron chi connectivity index (χ2n) is 5.07. The molecule has 0 fully saturated rings. The Bertz CT molecular complexity index is 258. The van der Waals surface area contributed by atoms with Crippen LogP contribution in [0.3, 0.4) is 0 Å². The second-order valence-corrected chi connectivity index (χ2v) is 5.07. The third-order valence-corrected chi connectivity index (χ3v) is 2.53. The van der Waals surface area contributed by atoms with Gasteiger partial charge in [-0.05, 0) is 33.6 Å². The Morgan fingerprint density at radius 3 is 2.00 bits per heavy atom. The Balaban J connectivity index is 4.23. The summed E-state index contributed by atoms with van der Waals surface area (Å²) in [5.74, 6) is -2.25. The van der Waals surface area contributed by atoms with Gasteiger partial charge < -0.3 is 15.1 Å². The van der Waals surface area contributed by atoms with Gasteiger partial charge in [-0.2, -0.15) is 0 Å². The highest BCUT2D eigenvalue weighted by molar-refractivity contribution is 6.31. The number of aliphatic carboxylic acids is 1. The van der Waals surface area contributed by atoms with Gasteiger partial charge in [-0.3, -0.25) is 4.79 Å². The highest BCUT2D eigenvalue weighted by Crippen LogP contribution is 2.15. The van der Waals surface area contributed by atoms with Crippen LogP contribution in [0.25, 0.3) is 0 Å². The molecule has 100 valence electrons. The van der Waals surface area contributed by atoms with E-state index in [1.165, 1.54) is 4.90 Å². The molecule has 0 rings (SSSR count). The van der Waals surface area contributed by atoms with E-state index in [0.717, 1.165) is 25.7 Å². The summed E-state index contributed by atoms with van der Waals surface area (Å²) in [6.07, 6.45) is 3.30. The minimum atomic E-state index is -1.41. The van der Waals surface area contributed by atoms with Crippen molar-refractivity contribution in [2.45, 2.75) is 52.0 Å². The standard InChI is InChI=1S/C12H23NO4/c1-12(2,3)13(10(15)11(16)17)8-6-4-5-7-9-14/h14H,4-9H2,1-3H3,(H,16,17). The summed E-state index contributed by atoms with van der Waals surface area (Å²) >= 11 is 0. The second kappa shape index (κ2) is 7.27. The average molecular weight is 245 g/mol. The number of carboxylic acids is 1. The highest BCUT2D eigenvalue weighted by atomic mass is 16.4. The molecule has 5 nitrogen and oxygen atoms in total. The number of unbranched alkanes of at least 4 members (excludes halogenated alkanes) is 3. The summed E-state index contributed by atoms with van der Waals surface area (Å²) in [4.78, 5) is 23.6. The zero-order valence-electron chi connectivity index (χ0n) is 10.9. The molecule has 0 aromatic carbocycles. The number of hydrogen-bond acceptors (Lipinski definition) is 3. The Kier molecular flexibility index (Phi) is 6.80. The van der Waals surface area contributed by atoms with Crippen molar-refractivity contribution in [2.75, 3.05) is 13.2 Å². The molecular formula is C12H23NO4. The first-order valence-corrected chi connectivity index (χ1v) is 5.96. The number of aliphatic hydroxyl groups excluding tert-OH is 1. The Labute approximate surface area is 102 Å². The highest BCUT2D eigenvalue weighted by Gasteiger charge is 2.29. The summed E-state index contributed by atoms with van der Waals surface area (Å²) < 4.78 is 0. The van der Waals surface area contributed by atoms with Gasteiger partial charge in [0.05, 0.1) is 0 Å². The van der Waals surface area contributed by atoms with Gasteiger partial charge in [0.1, 0.15) is 0 Å². The van der Waals surface area contributed by atoms with E-state index in [0.29, 0.717) is 6.54 Å². The zero-order valence-corrected chi connectivity index (χ0v) is 10.9. The van der Waals surface area contributed by atoms with Crippen LogP contribution >= 0.6 is 0 Å². The third kappa shape index (κ3) is 6.26. The molecule has 0 atom stereocenters. The minimum absolute atomic E-state index is 0.178. The molecule has 0 bridgehead atoms. The third-order valence-electron chi connectivity index (χ3n) is 2.53. The van der Waals surface area contributed by atoms with Gasteiger partial charge in [0.25, 0.3) is 0 Å². The molecule has 5 heteroatoms. The maximum atomic E-state index is 11.5. The minimum Gasteiger partial charge on any atom is -0.474 e. The first kappa shape index (κ1) is 15.9. The number of nitrogens with zero attached hydrogens (tertiary/aromatic N) is 1. The monoisotopic (exact) mass is 245 g/mol. The zero-order chi connectivity index (χ0) is 13.5. The molecule has 0 aliphatic heterocycles. The van der Waals surface area contributed by atoms with E-state index in [9.17, 15) is 9.59 Å². The van der Waals surface area contributed by atoms with E-state index in [1.54, 1.807) is 0 Å². The van der Waals surface area contributed by atoms with Crippen LogP contribution in [0.4, 0.5) is 0 Å². The van der Waals surface area contributed by atoms with Crippen molar-refractivity contribution in [3.63, 3.8) is 0 Å². The first-order valence-electron chi connectivity index (χ1n) is 5.96. The van der Waals surface area contributed by atoms with Crippen LogP contribution in [-0.4, -0.2) is 45.7 Å². The fourth-order valence-electron chi connectivity index (χ4n) is 1.59. The molecule has 0 saturated carbocycles. The molecule has 0 unspecified atom stereocenters. The molecule has 2 N–H and O–H groups in total. The number of hydrogen-bond donors (Lipinski definition) is 2. The van der Waals surface area contributed by atoms with Crippen molar-refractivity contribution >= 4 is 11.9 Å². The summed E-state index contributed by atoms with van der Waals surface area (Å²) in [7, 11) is 0. The molecular weight excluding hydrogens is 222 g/mol. The molecule has 0 aromatic heterocycles. The molecule has 0 radical (unpaired) electrons. The van der Waals surface area contributed by atoms with E-state index >= 15 is 0 Å². The van der Waals surface area contributed by atoms with Crippen LogP contribution in [-0.2, 0) is 9.59 Å². The van der Waals surface area contributed by atoms with E-state index < -0.39 is 17.4 Å². The molecule has 0 heterocycles. The van der Waals surface area contributed by atoms with Crippen molar-refractivity contribution in [3.05, 3.63) is 0 Å². The van der Waals surface area contributed by atoms with E-state index in [4.69, 9.17) is 10.2 Å². The predicted octanol–water partition coefficient (Wildman–Crippen LogP) is 1.25. The summed E-state index contributed by atoms with van der Waals surface area (Å²) in [6.45, 7) is 6.09. The SMILES string of the molecule is CC(C)(C)N(CCCCCCO)C(=O)C(=O)O. The fraction of sp³-hybridized carbons (Fsp3) is 0.833. The van der Waals surface area contributed by atoms with Crippen LogP contribution in [0, 0.1) is 0 Å². The summed E-state index contributed by atoms with van der Waals surface area (Å²) in [6, 6.07) is 0. The maximum Gasteiger partial charge on any atom is 0.394 e. The molecule has 1 amide bonds. The van der Waals surface area contributed by atoms with Crippen molar-refractivity contribution in [1.29, 1.82) is 0 Å². The van der Waals surface area contributed by atoms with Gasteiger partial charge in [0.2, 0.25) is 0 Å². The van der Waals surface area contributed by atoms with Crippen LogP contribution < -0.4 is 0 Å². The van der Waals surface area contributed by atoms with E-state index in [1.807, 2.05) is 20.8 Å². The molecule has 0 aromatic rings. The van der Waals surface area contributed by atoms with Crippen LogP contribution in [0.15, 0.2) is 0 Å². The van der Waals surface area contributed by atoms with Gasteiger partial charge in [-0.25, -0.2) is 4.79 Å². The van der Waals surface area contributed by atoms with Gasteiger partial charge >= 0.3 is 11.9 Å². The van der Waals surface area contributed by atoms with Crippen molar-refractivity contribution in [2.24, 2.45) is 0 Å². The summed E-state index contributed by atoms with van der Waals surface area (Å²) in [5, 5.41) is 17.4. The van der Waals surface area contributed by atoms with Gasteiger partial charge in [-0.15, -0.1) is 0 Å². The first-order chi connectivity index (χ1) is 7.80. The Morgan fingerprint density at radius 1 is 1.06 bits per heavy atom.